The Kier molecular flexibility index (Phi) is 5.48. The largest absolute Gasteiger partial charge is 0.442 e. The number of nitrogens with one attached hydrogen (secondary N) is 2. The molecule has 0 saturated carbocycles. The highest BCUT2D eigenvalue weighted by atomic mass is 32.1. The molecule has 154 valence electrons. The van der Waals surface area contributed by atoms with Gasteiger partial charge in [-0.25, -0.2) is 9.59 Å². The fraction of sp³-hybridized carbons (Fsp3) is 0.150. The highest BCUT2D eigenvalue weighted by Crippen LogP contribution is 2.23. The molecule has 1 fully saturated rings. The van der Waals surface area contributed by atoms with Gasteiger partial charge in [0.1, 0.15) is 6.10 Å². The fourth-order valence-corrected chi connectivity index (χ4v) is 3.64. The summed E-state index contributed by atoms with van der Waals surface area (Å²) in [5, 5.41) is 5.11. The molecule has 10 heteroatoms. The minimum atomic E-state index is -0.528. The minimum Gasteiger partial charge on any atom is -0.442 e. The minimum absolute atomic E-state index is 0.111. The van der Waals surface area contributed by atoms with Gasteiger partial charge >= 0.3 is 12.1 Å². The Labute approximate surface area is 174 Å². The number of hydrogen-bond acceptors (Lipinski definition) is 5. The molecule has 1 saturated heterocycles. The van der Waals surface area contributed by atoms with Crippen molar-refractivity contribution in [2.45, 2.75) is 6.10 Å². The van der Waals surface area contributed by atoms with Crippen molar-refractivity contribution in [3.63, 3.8) is 0 Å². The van der Waals surface area contributed by atoms with Crippen LogP contribution in [0, 0.1) is 5.13 Å². The zero-order valence-corrected chi connectivity index (χ0v) is 16.4. The Balaban J connectivity index is 1.35. The van der Waals surface area contributed by atoms with Gasteiger partial charge < -0.3 is 10.1 Å². The van der Waals surface area contributed by atoms with E-state index in [4.69, 9.17) is 4.74 Å². The standard InChI is InChI=1S/C20H17FN4O4S/c21-16-8-9-17(30-16)23-19(27)22-11-15-12-25(20(28)29-15)14-6-4-13(5-7-14)24-10-2-1-3-18(24)26/h1-10,15H,11-12H2,(H2,22,23,27)/t15-/m0/s1. The van der Waals surface area contributed by atoms with Gasteiger partial charge in [-0.1, -0.05) is 17.4 Å². The molecule has 0 spiro atoms. The van der Waals surface area contributed by atoms with E-state index >= 15 is 0 Å². The smallest absolute Gasteiger partial charge is 0.414 e. The van der Waals surface area contributed by atoms with Gasteiger partial charge in [-0.2, -0.15) is 4.39 Å². The predicted molar refractivity (Wildman–Crippen MR) is 111 cm³/mol. The molecule has 2 aromatic heterocycles. The van der Waals surface area contributed by atoms with Crippen molar-refractivity contribution in [2.75, 3.05) is 23.3 Å². The van der Waals surface area contributed by atoms with Crippen molar-refractivity contribution < 1.29 is 18.7 Å². The molecule has 2 N–H and O–H groups in total. The normalized spacial score (nSPS) is 15.7. The highest BCUT2D eigenvalue weighted by Gasteiger charge is 2.32. The van der Waals surface area contributed by atoms with Crippen LogP contribution in [0.4, 0.5) is 24.7 Å². The van der Waals surface area contributed by atoms with Crippen LogP contribution >= 0.6 is 11.3 Å². The second-order valence-electron chi connectivity index (χ2n) is 6.48. The highest BCUT2D eigenvalue weighted by molar-refractivity contribution is 7.14. The number of anilines is 2. The van der Waals surface area contributed by atoms with Crippen LogP contribution < -0.4 is 21.1 Å². The number of aromatic nitrogens is 1. The van der Waals surface area contributed by atoms with Crippen molar-refractivity contribution in [1.82, 2.24) is 9.88 Å². The van der Waals surface area contributed by atoms with Gasteiger partial charge in [-0.05, 0) is 42.5 Å². The molecule has 1 atom stereocenters. The van der Waals surface area contributed by atoms with Gasteiger partial charge in [-0.3, -0.25) is 19.6 Å². The van der Waals surface area contributed by atoms with Crippen LogP contribution in [-0.4, -0.2) is 35.9 Å². The molecule has 3 heterocycles. The average molecular weight is 428 g/mol. The number of urea groups is 1. The molecule has 1 aliphatic rings. The fourth-order valence-electron chi connectivity index (χ4n) is 3.02. The summed E-state index contributed by atoms with van der Waals surface area (Å²) in [6, 6.07) is 14.0. The molecule has 0 aliphatic carbocycles. The van der Waals surface area contributed by atoms with Gasteiger partial charge in [0.15, 0.2) is 5.13 Å². The van der Waals surface area contributed by atoms with Crippen LogP contribution in [0.25, 0.3) is 5.69 Å². The Morgan fingerprint density at radius 1 is 1.10 bits per heavy atom. The summed E-state index contributed by atoms with van der Waals surface area (Å²) in [5.41, 5.74) is 1.14. The van der Waals surface area contributed by atoms with Crippen molar-refractivity contribution in [3.05, 3.63) is 76.3 Å². The predicted octanol–water partition coefficient (Wildman–Crippen LogP) is 3.19. The zero-order valence-electron chi connectivity index (χ0n) is 15.6. The van der Waals surface area contributed by atoms with Crippen LogP contribution in [0.3, 0.4) is 0 Å². The number of cyclic esters (lactones) is 1. The Morgan fingerprint density at radius 2 is 1.87 bits per heavy atom. The lowest BCUT2D eigenvalue weighted by atomic mass is 10.2. The first-order valence-electron chi connectivity index (χ1n) is 9.06. The Morgan fingerprint density at radius 3 is 2.57 bits per heavy atom. The summed E-state index contributed by atoms with van der Waals surface area (Å²) in [5.74, 6) is 0. The van der Waals surface area contributed by atoms with Gasteiger partial charge in [0.25, 0.3) is 5.56 Å². The first-order valence-corrected chi connectivity index (χ1v) is 9.88. The molecular weight excluding hydrogens is 411 g/mol. The topological polar surface area (TPSA) is 92.7 Å². The third-order valence-corrected chi connectivity index (χ3v) is 5.23. The third kappa shape index (κ3) is 4.33. The summed E-state index contributed by atoms with van der Waals surface area (Å²) in [6.45, 7) is 0.372. The van der Waals surface area contributed by atoms with E-state index in [1.165, 1.54) is 27.7 Å². The summed E-state index contributed by atoms with van der Waals surface area (Å²) in [6.07, 6.45) is 0.616. The molecule has 30 heavy (non-hydrogen) atoms. The number of pyridine rings is 1. The molecule has 3 aromatic rings. The van der Waals surface area contributed by atoms with E-state index in [1.54, 1.807) is 42.6 Å². The van der Waals surface area contributed by atoms with Crippen molar-refractivity contribution >= 4 is 34.1 Å². The average Bonchev–Trinajstić information content (AvgIpc) is 3.32. The summed E-state index contributed by atoms with van der Waals surface area (Å²) >= 11 is 0.819. The van der Waals surface area contributed by atoms with Crippen LogP contribution in [0.1, 0.15) is 0 Å². The van der Waals surface area contributed by atoms with Crippen molar-refractivity contribution in [2.24, 2.45) is 0 Å². The molecule has 0 bridgehead atoms. The lowest BCUT2D eigenvalue weighted by molar-refractivity contribution is 0.141. The SMILES string of the molecule is O=C(NC[C@H]1CN(c2ccc(-n3ccccc3=O)cc2)C(=O)O1)Nc1ccc(F)s1. The molecule has 1 aromatic carbocycles. The first kappa shape index (κ1) is 19.6. The molecule has 1 aliphatic heterocycles. The second-order valence-corrected chi connectivity index (χ2v) is 7.51. The number of carbonyl (C=O) groups excluding carboxylic acids is 2. The molecule has 3 amide bonds. The van der Waals surface area contributed by atoms with E-state index in [2.05, 4.69) is 10.6 Å². The van der Waals surface area contributed by atoms with Gasteiger partial charge in [0.05, 0.1) is 18.1 Å². The summed E-state index contributed by atoms with van der Waals surface area (Å²) in [4.78, 5) is 37.5. The Hall–Kier alpha value is -3.66. The van der Waals surface area contributed by atoms with E-state index in [-0.39, 0.29) is 18.6 Å². The van der Waals surface area contributed by atoms with Crippen LogP contribution in [0.5, 0.6) is 0 Å². The maximum atomic E-state index is 13.0. The number of benzene rings is 1. The Bertz CT molecular complexity index is 1130. The maximum Gasteiger partial charge on any atom is 0.414 e. The number of nitrogens with zero attached hydrogens (tertiary/aromatic N) is 2. The van der Waals surface area contributed by atoms with E-state index in [1.807, 2.05) is 0 Å². The number of halogens is 1. The second kappa shape index (κ2) is 8.37. The molecule has 4 rings (SSSR count). The van der Waals surface area contributed by atoms with Crippen LogP contribution in [-0.2, 0) is 4.74 Å². The molecule has 0 unspecified atom stereocenters. The lowest BCUT2D eigenvalue weighted by Crippen LogP contribution is -2.37. The first-order chi connectivity index (χ1) is 14.5. The van der Waals surface area contributed by atoms with Crippen molar-refractivity contribution in [1.29, 1.82) is 0 Å². The number of ether oxygens (including phenoxy) is 1. The number of hydrogen-bond donors (Lipinski definition) is 2. The molecule has 8 nitrogen and oxygen atoms in total. The van der Waals surface area contributed by atoms with E-state index in [0.717, 1.165) is 11.3 Å². The van der Waals surface area contributed by atoms with E-state index in [9.17, 15) is 18.8 Å². The monoisotopic (exact) mass is 428 g/mol. The van der Waals surface area contributed by atoms with Crippen LogP contribution in [0.15, 0.2) is 65.6 Å². The molecule has 0 radical (unpaired) electrons. The number of thiophene rings is 1. The number of amides is 3. The maximum absolute atomic E-state index is 13.0. The zero-order chi connectivity index (χ0) is 21.1. The molecular formula is C20H17FN4O4S. The number of carbonyl (C=O) groups is 2. The van der Waals surface area contributed by atoms with Crippen LogP contribution in [0.2, 0.25) is 0 Å². The van der Waals surface area contributed by atoms with Gasteiger partial charge in [-0.15, -0.1) is 0 Å². The summed E-state index contributed by atoms with van der Waals surface area (Å²) in [7, 11) is 0. The third-order valence-electron chi connectivity index (χ3n) is 4.44. The van der Waals surface area contributed by atoms with Gasteiger partial charge in [0.2, 0.25) is 0 Å². The quantitative estimate of drug-likeness (QED) is 0.653. The summed E-state index contributed by atoms with van der Waals surface area (Å²) < 4.78 is 19.8. The van der Waals surface area contributed by atoms with Gasteiger partial charge in [0, 0.05) is 23.6 Å². The van der Waals surface area contributed by atoms with Crippen molar-refractivity contribution in [3.8, 4) is 5.69 Å². The number of rotatable bonds is 5. The van der Waals surface area contributed by atoms with E-state index < -0.39 is 23.4 Å². The van der Waals surface area contributed by atoms with E-state index in [0.29, 0.717) is 16.4 Å². The lowest BCUT2D eigenvalue weighted by Gasteiger charge is -2.14.